The van der Waals surface area contributed by atoms with Crippen molar-refractivity contribution in [3.63, 3.8) is 0 Å². The highest BCUT2D eigenvalue weighted by Crippen LogP contribution is 2.28. The molecule has 4 rings (SSSR count). The van der Waals surface area contributed by atoms with E-state index in [1.807, 2.05) is 29.2 Å². The number of carbonyl (C=O) groups is 1. The number of benzene rings is 2. The summed E-state index contributed by atoms with van der Waals surface area (Å²) in [4.78, 5) is 14.6. The number of hydrogen-bond acceptors (Lipinski definition) is 3. The Kier molecular flexibility index (Phi) is 5.86. The Labute approximate surface area is 172 Å². The first-order chi connectivity index (χ1) is 14.1. The predicted molar refractivity (Wildman–Crippen MR) is 115 cm³/mol. The molecule has 0 spiro atoms. The maximum absolute atomic E-state index is 12.8. The fourth-order valence-electron chi connectivity index (χ4n) is 3.93. The van der Waals surface area contributed by atoms with Crippen LogP contribution in [0.15, 0.2) is 48.5 Å². The number of rotatable bonds is 4. The van der Waals surface area contributed by atoms with E-state index in [2.05, 4.69) is 43.4 Å². The summed E-state index contributed by atoms with van der Waals surface area (Å²) in [7, 11) is 0. The minimum atomic E-state index is -0.0977. The first-order valence-corrected chi connectivity index (χ1v) is 10.3. The third kappa shape index (κ3) is 4.80. The molecule has 152 valence electrons. The number of hydrogen-bond donors (Lipinski definition) is 1. The van der Waals surface area contributed by atoms with Gasteiger partial charge in [0, 0.05) is 19.5 Å². The normalized spacial score (nSPS) is 19.0. The highest BCUT2D eigenvalue weighted by atomic mass is 16.5. The van der Waals surface area contributed by atoms with E-state index >= 15 is 0 Å². The summed E-state index contributed by atoms with van der Waals surface area (Å²) >= 11 is 0. The molecule has 2 amide bonds. The number of ether oxygens (including phenoxy) is 2. The van der Waals surface area contributed by atoms with Gasteiger partial charge in [0.05, 0.1) is 18.9 Å². The molecule has 2 aliphatic rings. The average molecular weight is 392 g/mol. The zero-order valence-corrected chi connectivity index (χ0v) is 17.1. The van der Waals surface area contributed by atoms with Crippen molar-refractivity contribution >= 4 is 17.3 Å². The lowest BCUT2D eigenvalue weighted by atomic mass is 9.96. The van der Waals surface area contributed by atoms with Gasteiger partial charge in [-0.25, -0.2) is 4.79 Å². The summed E-state index contributed by atoms with van der Waals surface area (Å²) in [6.07, 6.45) is 3.94. The van der Waals surface area contributed by atoms with Crippen LogP contribution in [0.5, 0.6) is 5.75 Å². The van der Waals surface area contributed by atoms with Crippen LogP contribution in [-0.2, 0) is 4.74 Å². The predicted octanol–water partition coefficient (Wildman–Crippen LogP) is 4.79. The zero-order valence-electron chi connectivity index (χ0n) is 17.1. The second kappa shape index (κ2) is 8.70. The van der Waals surface area contributed by atoms with Gasteiger partial charge in [-0.1, -0.05) is 47.5 Å². The molecule has 0 bridgehead atoms. The molecule has 29 heavy (non-hydrogen) atoms. The molecule has 2 heterocycles. The first-order valence-electron chi connectivity index (χ1n) is 10.3. The molecule has 0 unspecified atom stereocenters. The molecular formula is C24H28N2O3. The van der Waals surface area contributed by atoms with Gasteiger partial charge in [-0.15, -0.1) is 0 Å². The Morgan fingerprint density at radius 1 is 1.17 bits per heavy atom. The molecule has 1 saturated heterocycles. The smallest absolute Gasteiger partial charge is 0.322 e. The van der Waals surface area contributed by atoms with E-state index in [1.54, 1.807) is 0 Å². The molecule has 0 saturated carbocycles. The lowest BCUT2D eigenvalue weighted by molar-refractivity contribution is 0.142. The Bertz CT molecular complexity index is 896. The molecule has 5 heteroatoms. The van der Waals surface area contributed by atoms with Gasteiger partial charge in [0.2, 0.25) is 0 Å². The molecule has 1 atom stereocenters. The Balaban J connectivity index is 1.41. The molecule has 0 aliphatic carbocycles. The van der Waals surface area contributed by atoms with Crippen LogP contribution < -0.4 is 10.1 Å². The van der Waals surface area contributed by atoms with Gasteiger partial charge in [-0.3, -0.25) is 0 Å². The number of urea groups is 1. The molecule has 2 aromatic rings. The quantitative estimate of drug-likeness (QED) is 0.814. The highest BCUT2D eigenvalue weighted by Gasteiger charge is 2.21. The van der Waals surface area contributed by atoms with Gasteiger partial charge >= 0.3 is 6.03 Å². The number of nitrogens with one attached hydrogen (secondary N) is 1. The third-order valence-corrected chi connectivity index (χ3v) is 5.40. The maximum Gasteiger partial charge on any atom is 0.322 e. The van der Waals surface area contributed by atoms with E-state index in [9.17, 15) is 4.79 Å². The van der Waals surface area contributed by atoms with E-state index in [1.165, 1.54) is 22.3 Å². The van der Waals surface area contributed by atoms with Crippen LogP contribution in [0.1, 0.15) is 29.5 Å². The van der Waals surface area contributed by atoms with Gasteiger partial charge in [0.25, 0.3) is 0 Å². The van der Waals surface area contributed by atoms with Gasteiger partial charge < -0.3 is 19.7 Å². The largest absolute Gasteiger partial charge is 0.486 e. The van der Waals surface area contributed by atoms with E-state index < -0.39 is 0 Å². The van der Waals surface area contributed by atoms with E-state index in [0.29, 0.717) is 31.1 Å². The molecular weight excluding hydrogens is 364 g/mol. The minimum Gasteiger partial charge on any atom is -0.486 e. The molecule has 2 aliphatic heterocycles. The average Bonchev–Trinajstić information content (AvgIpc) is 3.22. The fourth-order valence-corrected chi connectivity index (χ4v) is 3.93. The highest BCUT2D eigenvalue weighted by molar-refractivity contribution is 5.91. The maximum atomic E-state index is 12.8. The van der Waals surface area contributed by atoms with Gasteiger partial charge in [-0.2, -0.15) is 0 Å². The summed E-state index contributed by atoms with van der Waals surface area (Å²) < 4.78 is 11.4. The van der Waals surface area contributed by atoms with Gasteiger partial charge in [0.15, 0.2) is 0 Å². The number of anilines is 1. The summed E-state index contributed by atoms with van der Waals surface area (Å²) in [6.45, 7) is 6.87. The summed E-state index contributed by atoms with van der Waals surface area (Å²) in [5, 5.41) is 3.02. The second-order valence-corrected chi connectivity index (χ2v) is 7.83. The molecule has 2 aromatic carbocycles. The van der Waals surface area contributed by atoms with Gasteiger partial charge in [0.1, 0.15) is 11.9 Å². The third-order valence-electron chi connectivity index (χ3n) is 5.40. The minimum absolute atomic E-state index is 0.0475. The monoisotopic (exact) mass is 392 g/mol. The molecule has 1 fully saturated rings. The molecule has 1 N–H and O–H groups in total. The summed E-state index contributed by atoms with van der Waals surface area (Å²) in [5.74, 6) is 0.694. The second-order valence-electron chi connectivity index (χ2n) is 7.83. The van der Waals surface area contributed by atoms with Crippen LogP contribution in [0, 0.1) is 13.8 Å². The topological polar surface area (TPSA) is 50.8 Å². The van der Waals surface area contributed by atoms with Crippen molar-refractivity contribution in [2.75, 3.05) is 31.6 Å². The van der Waals surface area contributed by atoms with Crippen LogP contribution in [0.4, 0.5) is 10.5 Å². The van der Waals surface area contributed by atoms with Crippen molar-refractivity contribution < 1.29 is 14.3 Å². The van der Waals surface area contributed by atoms with Crippen LogP contribution in [0.3, 0.4) is 0 Å². The van der Waals surface area contributed by atoms with Crippen LogP contribution in [0.2, 0.25) is 0 Å². The lowest BCUT2D eigenvalue weighted by Crippen LogP contribution is -2.38. The fraction of sp³-hybridized carbons (Fsp3) is 0.375. The van der Waals surface area contributed by atoms with Crippen molar-refractivity contribution in [3.8, 4) is 5.75 Å². The summed E-state index contributed by atoms with van der Waals surface area (Å²) in [5.41, 5.74) is 5.81. The van der Waals surface area contributed by atoms with E-state index in [0.717, 1.165) is 19.4 Å². The van der Waals surface area contributed by atoms with Crippen LogP contribution in [0.25, 0.3) is 5.57 Å². The number of para-hydroxylation sites is 2. The van der Waals surface area contributed by atoms with Crippen molar-refractivity contribution in [1.82, 2.24) is 4.90 Å². The van der Waals surface area contributed by atoms with Crippen molar-refractivity contribution in [1.29, 1.82) is 0 Å². The van der Waals surface area contributed by atoms with Crippen molar-refractivity contribution in [2.45, 2.75) is 32.8 Å². The van der Waals surface area contributed by atoms with E-state index in [-0.39, 0.29) is 12.1 Å². The first kappa shape index (κ1) is 19.5. The Hall–Kier alpha value is -2.79. The molecule has 0 aromatic heterocycles. The number of amides is 2. The Morgan fingerprint density at radius 2 is 1.97 bits per heavy atom. The van der Waals surface area contributed by atoms with Crippen molar-refractivity contribution in [2.24, 2.45) is 0 Å². The standard InChI is InChI=1S/C24H28N2O3/c1-17-13-18(2)15-20(14-17)19-7-10-26(11-8-19)24(27)25-22-5-3-4-6-23(22)29-21-9-12-28-16-21/h3-7,13-15,21H,8-12,16H2,1-2H3,(H,25,27)/t21-/m1/s1. The Morgan fingerprint density at radius 3 is 2.66 bits per heavy atom. The number of nitrogens with zero attached hydrogens (tertiary/aromatic N) is 1. The zero-order chi connectivity index (χ0) is 20.2. The number of carbonyl (C=O) groups excluding carboxylic acids is 1. The number of aryl methyl sites for hydroxylation is 2. The molecule has 0 radical (unpaired) electrons. The summed E-state index contributed by atoms with van der Waals surface area (Å²) in [6, 6.07) is 14.1. The lowest BCUT2D eigenvalue weighted by Gasteiger charge is -2.27. The molecule has 5 nitrogen and oxygen atoms in total. The van der Waals surface area contributed by atoms with Crippen molar-refractivity contribution in [3.05, 3.63) is 65.2 Å². The van der Waals surface area contributed by atoms with E-state index in [4.69, 9.17) is 9.47 Å². The van der Waals surface area contributed by atoms with Crippen LogP contribution >= 0.6 is 0 Å². The van der Waals surface area contributed by atoms with Gasteiger partial charge in [-0.05, 0) is 43.5 Å². The SMILES string of the molecule is Cc1cc(C)cc(C2=CCN(C(=O)Nc3ccccc3O[C@@H]3CCOC3)CC2)c1. The van der Waals surface area contributed by atoms with Crippen LogP contribution in [-0.4, -0.2) is 43.3 Å².